The van der Waals surface area contributed by atoms with Crippen molar-refractivity contribution in [3.63, 3.8) is 0 Å². The van der Waals surface area contributed by atoms with Gasteiger partial charge in [0.2, 0.25) is 0 Å². The molecule has 0 bridgehead atoms. The third-order valence-electron chi connectivity index (χ3n) is 5.73. The van der Waals surface area contributed by atoms with Crippen molar-refractivity contribution in [1.29, 1.82) is 5.26 Å². The van der Waals surface area contributed by atoms with E-state index < -0.39 is 0 Å². The molecule has 0 amide bonds. The van der Waals surface area contributed by atoms with E-state index in [9.17, 15) is 10.1 Å². The molecule has 0 aliphatic heterocycles. The fraction of sp³-hybridized carbons (Fsp3) is 0. The van der Waals surface area contributed by atoms with Crippen molar-refractivity contribution in [3.05, 3.63) is 82.2 Å². The lowest BCUT2D eigenvalue weighted by atomic mass is 9.95. The van der Waals surface area contributed by atoms with Crippen LogP contribution in [0, 0.1) is 11.3 Å². The third kappa shape index (κ3) is 3.05. The van der Waals surface area contributed by atoms with Gasteiger partial charge in [-0.05, 0) is 29.8 Å². The van der Waals surface area contributed by atoms with E-state index in [2.05, 4.69) is 26.2 Å². The molecule has 0 saturated heterocycles. The van der Waals surface area contributed by atoms with Crippen molar-refractivity contribution in [2.75, 3.05) is 5.73 Å². The van der Waals surface area contributed by atoms with Crippen LogP contribution in [0.15, 0.2) is 71.1 Å². The van der Waals surface area contributed by atoms with Gasteiger partial charge in [0.1, 0.15) is 10.8 Å². The molecule has 6 aromatic rings. The minimum atomic E-state index is -0.362. The van der Waals surface area contributed by atoms with Crippen LogP contribution in [0.4, 0.5) is 5.69 Å². The normalized spacial score (nSPS) is 11.1. The first-order valence-electron chi connectivity index (χ1n) is 10.3. The number of nitrogens with one attached hydrogen (secondary N) is 2. The maximum Gasteiger partial charge on any atom is 0.261 e. The van der Waals surface area contributed by atoms with Crippen molar-refractivity contribution in [1.82, 2.24) is 25.1 Å². The number of hydrogen-bond donors (Lipinski definition) is 3. The summed E-state index contributed by atoms with van der Waals surface area (Å²) in [6, 6.07) is 16.8. The molecule has 0 aliphatic carbocycles. The Morgan fingerprint density at radius 2 is 1.94 bits per heavy atom. The molecule has 0 unspecified atom stereocenters. The summed E-state index contributed by atoms with van der Waals surface area (Å²) in [7, 11) is 0. The van der Waals surface area contributed by atoms with Crippen LogP contribution in [0.1, 0.15) is 5.56 Å². The molecule has 9 heteroatoms. The number of nitrogens with two attached hydrogens (primary N) is 1. The van der Waals surface area contributed by atoms with Crippen LogP contribution in [0.5, 0.6) is 0 Å². The summed E-state index contributed by atoms with van der Waals surface area (Å²) in [5.74, 6) is 0.358. The SMILES string of the molecule is N#Cc1cccc(-c2nc3c(-c4nccs4)cc(-c4cccc5[nH]ncc45)c(N)c3c(=O)[nH]2)c1. The first-order valence-corrected chi connectivity index (χ1v) is 11.2. The number of aromatic amines is 2. The van der Waals surface area contributed by atoms with Crippen molar-refractivity contribution >= 4 is 38.8 Å². The Bertz CT molecular complexity index is 1810. The van der Waals surface area contributed by atoms with Gasteiger partial charge in [0, 0.05) is 33.7 Å². The summed E-state index contributed by atoms with van der Waals surface area (Å²) < 4.78 is 0. The Labute approximate surface area is 196 Å². The van der Waals surface area contributed by atoms with E-state index in [4.69, 9.17) is 10.7 Å². The van der Waals surface area contributed by atoms with Gasteiger partial charge >= 0.3 is 0 Å². The average molecular weight is 462 g/mol. The monoisotopic (exact) mass is 461 g/mol. The molecule has 34 heavy (non-hydrogen) atoms. The molecule has 3 aromatic carbocycles. The second-order valence-corrected chi connectivity index (χ2v) is 8.58. The zero-order chi connectivity index (χ0) is 23.2. The highest BCUT2D eigenvalue weighted by Crippen LogP contribution is 2.40. The molecule has 8 nitrogen and oxygen atoms in total. The van der Waals surface area contributed by atoms with Gasteiger partial charge in [0.05, 0.1) is 39.9 Å². The molecular formula is C25H15N7OS. The summed E-state index contributed by atoms with van der Waals surface area (Å²) in [4.78, 5) is 25.5. The van der Waals surface area contributed by atoms with Crippen LogP contribution in [0.2, 0.25) is 0 Å². The van der Waals surface area contributed by atoms with Gasteiger partial charge in [-0.3, -0.25) is 9.89 Å². The van der Waals surface area contributed by atoms with E-state index >= 15 is 0 Å². The fourth-order valence-electron chi connectivity index (χ4n) is 4.16. The molecule has 0 aliphatic rings. The van der Waals surface area contributed by atoms with Crippen molar-refractivity contribution in [2.45, 2.75) is 0 Å². The third-order valence-corrected chi connectivity index (χ3v) is 6.53. The Hall–Kier alpha value is -4.81. The van der Waals surface area contributed by atoms with Crippen molar-refractivity contribution < 1.29 is 0 Å². The summed E-state index contributed by atoms with van der Waals surface area (Å²) in [6.07, 6.45) is 3.45. The predicted octanol–water partition coefficient (Wildman–Crippen LogP) is 4.71. The Balaban J connectivity index is 1.70. The van der Waals surface area contributed by atoms with Gasteiger partial charge in [-0.1, -0.05) is 24.3 Å². The molecule has 6 rings (SSSR count). The number of hydrogen-bond acceptors (Lipinski definition) is 7. The quantitative estimate of drug-likeness (QED) is 0.326. The Kier molecular flexibility index (Phi) is 4.47. The zero-order valence-corrected chi connectivity index (χ0v) is 18.4. The maximum atomic E-state index is 13.4. The second kappa shape index (κ2) is 7.65. The number of nitriles is 1. The molecule has 162 valence electrons. The number of nitrogen functional groups attached to an aromatic ring is 1. The van der Waals surface area contributed by atoms with E-state index in [1.165, 1.54) is 11.3 Å². The van der Waals surface area contributed by atoms with Crippen LogP contribution >= 0.6 is 11.3 Å². The van der Waals surface area contributed by atoms with Gasteiger partial charge in [0.15, 0.2) is 0 Å². The number of thiazole rings is 1. The van der Waals surface area contributed by atoms with E-state index in [1.807, 2.05) is 29.6 Å². The number of rotatable bonds is 3. The highest BCUT2D eigenvalue weighted by molar-refractivity contribution is 7.13. The summed E-state index contributed by atoms with van der Waals surface area (Å²) in [5, 5.41) is 20.2. The van der Waals surface area contributed by atoms with Gasteiger partial charge in [0.25, 0.3) is 5.56 Å². The summed E-state index contributed by atoms with van der Waals surface area (Å²) in [6.45, 7) is 0. The lowest BCUT2D eigenvalue weighted by molar-refractivity contribution is 1.12. The molecule has 0 spiro atoms. The number of benzene rings is 3. The lowest BCUT2D eigenvalue weighted by Gasteiger charge is -2.14. The van der Waals surface area contributed by atoms with E-state index in [0.717, 1.165) is 21.5 Å². The number of anilines is 1. The minimum absolute atomic E-state index is 0.295. The standard InChI is InChI=1S/C25H15N7OS/c26-11-13-3-1-4-14(9-13)23-30-22-17(25-28-7-8-34-25)10-16(21(27)20(22)24(33)31-23)15-5-2-6-19-18(15)12-29-32-19/h1-10,12H,27H2,(H,29,32)(H,30,31,33). The van der Waals surface area contributed by atoms with Gasteiger partial charge in [-0.2, -0.15) is 10.4 Å². The number of fused-ring (bicyclic) bond motifs is 2. The van der Waals surface area contributed by atoms with E-state index in [1.54, 1.807) is 36.7 Å². The van der Waals surface area contributed by atoms with Gasteiger partial charge < -0.3 is 10.7 Å². The van der Waals surface area contributed by atoms with Crippen LogP contribution in [0.25, 0.3) is 54.9 Å². The molecule has 0 fully saturated rings. The molecule has 0 atom stereocenters. The van der Waals surface area contributed by atoms with E-state index in [0.29, 0.717) is 44.7 Å². The molecule has 0 saturated carbocycles. The molecule has 3 aromatic heterocycles. The molecule has 4 N–H and O–H groups in total. The van der Waals surface area contributed by atoms with Crippen molar-refractivity contribution in [2.24, 2.45) is 0 Å². The van der Waals surface area contributed by atoms with Crippen LogP contribution in [-0.2, 0) is 0 Å². The molecular weight excluding hydrogens is 446 g/mol. The lowest BCUT2D eigenvalue weighted by Crippen LogP contribution is -2.13. The number of aromatic nitrogens is 5. The fourth-order valence-corrected chi connectivity index (χ4v) is 4.82. The Morgan fingerprint density at radius 1 is 1.06 bits per heavy atom. The average Bonchev–Trinajstić information content (AvgIpc) is 3.56. The first kappa shape index (κ1) is 19.8. The first-order chi connectivity index (χ1) is 16.6. The summed E-state index contributed by atoms with van der Waals surface area (Å²) >= 11 is 1.45. The smallest absolute Gasteiger partial charge is 0.261 e. The van der Waals surface area contributed by atoms with Crippen LogP contribution in [0.3, 0.4) is 0 Å². The minimum Gasteiger partial charge on any atom is -0.398 e. The predicted molar refractivity (Wildman–Crippen MR) is 133 cm³/mol. The number of H-pyrrole nitrogens is 2. The van der Waals surface area contributed by atoms with Crippen LogP contribution in [-0.4, -0.2) is 25.1 Å². The highest BCUT2D eigenvalue weighted by atomic mass is 32.1. The molecule has 3 heterocycles. The second-order valence-electron chi connectivity index (χ2n) is 7.69. The summed E-state index contributed by atoms with van der Waals surface area (Å²) in [5.41, 5.74) is 11.3. The topological polar surface area (TPSA) is 137 Å². The molecule has 0 radical (unpaired) electrons. The Morgan fingerprint density at radius 3 is 2.76 bits per heavy atom. The largest absolute Gasteiger partial charge is 0.398 e. The van der Waals surface area contributed by atoms with E-state index in [-0.39, 0.29) is 5.56 Å². The van der Waals surface area contributed by atoms with Crippen LogP contribution < -0.4 is 11.3 Å². The zero-order valence-electron chi connectivity index (χ0n) is 17.5. The van der Waals surface area contributed by atoms with Crippen molar-refractivity contribution in [3.8, 4) is 39.2 Å². The maximum absolute atomic E-state index is 13.4. The van der Waals surface area contributed by atoms with Gasteiger partial charge in [-0.25, -0.2) is 9.97 Å². The highest BCUT2D eigenvalue weighted by Gasteiger charge is 2.20. The van der Waals surface area contributed by atoms with Gasteiger partial charge in [-0.15, -0.1) is 11.3 Å². The number of nitrogens with zero attached hydrogens (tertiary/aromatic N) is 4.